The van der Waals surface area contributed by atoms with E-state index in [2.05, 4.69) is 24.3 Å². The summed E-state index contributed by atoms with van der Waals surface area (Å²) in [5.41, 5.74) is 6.96. The van der Waals surface area contributed by atoms with Gasteiger partial charge in [-0.1, -0.05) is 78.3 Å². The highest BCUT2D eigenvalue weighted by atomic mass is 35.5. The summed E-state index contributed by atoms with van der Waals surface area (Å²) in [7, 11) is 0. The van der Waals surface area contributed by atoms with Crippen LogP contribution in [-0.2, 0) is 0 Å². The second-order valence-corrected chi connectivity index (χ2v) is 11.8. The molecule has 4 aromatic heterocycles. The summed E-state index contributed by atoms with van der Waals surface area (Å²) in [5.74, 6) is 1.45. The first-order valence-corrected chi connectivity index (χ1v) is 15.2. The summed E-state index contributed by atoms with van der Waals surface area (Å²) in [6, 6.07) is 39.9. The zero-order valence-electron chi connectivity index (χ0n) is 24.0. The average Bonchev–Trinajstić information content (AvgIpc) is 3.77. The van der Waals surface area contributed by atoms with Gasteiger partial charge in [-0.25, -0.2) is 15.0 Å². The maximum atomic E-state index is 6.92. The topological polar surface area (TPSA) is 78.1 Å². The lowest BCUT2D eigenvalue weighted by Crippen LogP contribution is -2.00. The van der Waals surface area contributed by atoms with E-state index in [-0.39, 0.29) is 0 Å². The van der Waals surface area contributed by atoms with Gasteiger partial charge in [0, 0.05) is 55.1 Å². The van der Waals surface area contributed by atoms with E-state index >= 15 is 0 Å². The SMILES string of the molecule is Clc1cc2oc3ccccc3c2cc1-c1nc(-c2ccc3c(c2)oc2ccccc23)nc(-c2ccc3c(c2)oc2ccccc23)n1. The van der Waals surface area contributed by atoms with Gasteiger partial charge in [-0.15, -0.1) is 0 Å². The predicted octanol–water partition coefficient (Wildman–Crippen LogP) is 11.2. The number of halogens is 1. The molecular formula is C39H20ClN3O3. The van der Waals surface area contributed by atoms with Crippen LogP contribution in [0.25, 0.3) is 100.0 Å². The highest BCUT2D eigenvalue weighted by Gasteiger charge is 2.19. The largest absolute Gasteiger partial charge is 0.456 e. The van der Waals surface area contributed by atoms with Crippen molar-refractivity contribution in [2.45, 2.75) is 0 Å². The number of hydrogen-bond acceptors (Lipinski definition) is 6. The smallest absolute Gasteiger partial charge is 0.165 e. The van der Waals surface area contributed by atoms with Crippen LogP contribution in [0.5, 0.6) is 0 Å². The number of nitrogens with zero attached hydrogens (tertiary/aromatic N) is 3. The molecule has 0 unspecified atom stereocenters. The van der Waals surface area contributed by atoms with Crippen LogP contribution in [0.2, 0.25) is 5.02 Å². The van der Waals surface area contributed by atoms with Gasteiger partial charge in [0.1, 0.15) is 33.5 Å². The highest BCUT2D eigenvalue weighted by Crippen LogP contribution is 2.38. The Balaban J connectivity index is 1.21. The molecule has 216 valence electrons. The molecule has 0 bridgehead atoms. The van der Waals surface area contributed by atoms with E-state index in [0.717, 1.165) is 71.4 Å². The molecule has 0 aliphatic rings. The molecule has 0 fully saturated rings. The Morgan fingerprint density at radius 2 is 0.783 bits per heavy atom. The summed E-state index contributed by atoms with van der Waals surface area (Å²) in [6.07, 6.45) is 0. The van der Waals surface area contributed by atoms with Crippen LogP contribution >= 0.6 is 11.6 Å². The third kappa shape index (κ3) is 3.81. The first kappa shape index (κ1) is 25.4. The number of fused-ring (bicyclic) bond motifs is 9. The second kappa shape index (κ2) is 9.51. The number of para-hydroxylation sites is 3. The molecule has 0 saturated heterocycles. The van der Waals surface area contributed by atoms with Gasteiger partial charge in [-0.05, 0) is 48.5 Å². The average molecular weight is 614 g/mol. The van der Waals surface area contributed by atoms with Gasteiger partial charge in [0.15, 0.2) is 17.5 Å². The van der Waals surface area contributed by atoms with Crippen molar-refractivity contribution in [1.82, 2.24) is 15.0 Å². The van der Waals surface area contributed by atoms with Gasteiger partial charge in [0.25, 0.3) is 0 Å². The Bertz CT molecular complexity index is 2710. The second-order valence-electron chi connectivity index (χ2n) is 11.4. The van der Waals surface area contributed by atoms with Crippen molar-refractivity contribution in [1.29, 1.82) is 0 Å². The third-order valence-corrected chi connectivity index (χ3v) is 8.93. The van der Waals surface area contributed by atoms with Gasteiger partial charge in [-0.3, -0.25) is 0 Å². The van der Waals surface area contributed by atoms with Gasteiger partial charge in [-0.2, -0.15) is 0 Å². The molecule has 6 aromatic carbocycles. The molecular weight excluding hydrogens is 594 g/mol. The van der Waals surface area contributed by atoms with Crippen LogP contribution in [0.1, 0.15) is 0 Å². The lowest BCUT2D eigenvalue weighted by Gasteiger charge is -2.10. The molecule has 0 amide bonds. The fourth-order valence-electron chi connectivity index (χ4n) is 6.40. The Hall–Kier alpha value is -5.98. The molecule has 0 aliphatic heterocycles. The molecule has 10 rings (SSSR count). The zero-order chi connectivity index (χ0) is 30.4. The van der Waals surface area contributed by atoms with E-state index in [1.165, 1.54) is 0 Å². The van der Waals surface area contributed by atoms with E-state index < -0.39 is 0 Å². The monoisotopic (exact) mass is 613 g/mol. The maximum Gasteiger partial charge on any atom is 0.165 e. The lowest BCUT2D eigenvalue weighted by atomic mass is 10.1. The van der Waals surface area contributed by atoms with E-state index in [1.54, 1.807) is 0 Å². The van der Waals surface area contributed by atoms with E-state index in [4.69, 9.17) is 39.8 Å². The summed E-state index contributed by atoms with van der Waals surface area (Å²) in [4.78, 5) is 15.0. The molecule has 7 heteroatoms. The van der Waals surface area contributed by atoms with Crippen LogP contribution in [0.15, 0.2) is 135 Å². The molecule has 10 aromatic rings. The van der Waals surface area contributed by atoms with E-state index in [9.17, 15) is 0 Å². The summed E-state index contributed by atoms with van der Waals surface area (Å²) >= 11 is 6.92. The minimum absolute atomic E-state index is 0.451. The molecule has 4 heterocycles. The molecule has 0 aliphatic carbocycles. The molecule has 46 heavy (non-hydrogen) atoms. The normalized spacial score (nSPS) is 12.0. The standard InChI is InChI=1S/C39H20ClN3O3/c40-30-20-36-28(25-9-3-6-12-33(25)46-36)19-29(30)39-42-37(21-13-15-26-23-7-1-4-10-31(23)44-34(26)17-21)41-38(43-39)22-14-16-27-24-8-2-5-11-32(24)45-35(27)18-22/h1-20H. The lowest BCUT2D eigenvalue weighted by molar-refractivity contribution is 0.668. The number of aromatic nitrogens is 3. The quantitative estimate of drug-likeness (QED) is 0.197. The summed E-state index contributed by atoms with van der Waals surface area (Å²) in [6.45, 7) is 0. The van der Waals surface area contributed by atoms with E-state index in [1.807, 2.05) is 97.1 Å². The number of furan rings is 3. The van der Waals surface area contributed by atoms with Crippen LogP contribution in [0.3, 0.4) is 0 Å². The molecule has 0 spiro atoms. The Labute approximate surface area is 265 Å². The zero-order valence-corrected chi connectivity index (χ0v) is 24.7. The van der Waals surface area contributed by atoms with Crippen LogP contribution in [0.4, 0.5) is 0 Å². The van der Waals surface area contributed by atoms with Crippen molar-refractivity contribution in [2.75, 3.05) is 0 Å². The molecule has 0 radical (unpaired) electrons. The van der Waals surface area contributed by atoms with Crippen molar-refractivity contribution < 1.29 is 13.3 Å². The Kier molecular flexibility index (Phi) is 5.24. The summed E-state index contributed by atoms with van der Waals surface area (Å²) < 4.78 is 18.5. The first-order valence-electron chi connectivity index (χ1n) is 14.9. The number of rotatable bonds is 3. The molecule has 0 saturated carbocycles. The molecule has 0 N–H and O–H groups in total. The van der Waals surface area contributed by atoms with Crippen LogP contribution < -0.4 is 0 Å². The molecule has 6 nitrogen and oxygen atoms in total. The predicted molar refractivity (Wildman–Crippen MR) is 183 cm³/mol. The van der Waals surface area contributed by atoms with Crippen LogP contribution in [-0.4, -0.2) is 15.0 Å². The Morgan fingerprint density at radius 1 is 0.370 bits per heavy atom. The third-order valence-electron chi connectivity index (χ3n) is 8.62. The van der Waals surface area contributed by atoms with Crippen molar-refractivity contribution in [3.63, 3.8) is 0 Å². The minimum atomic E-state index is 0.451. The Morgan fingerprint density at radius 3 is 1.30 bits per heavy atom. The van der Waals surface area contributed by atoms with Gasteiger partial charge in [0.05, 0.1) is 5.02 Å². The van der Waals surface area contributed by atoms with Crippen molar-refractivity contribution in [3.05, 3.63) is 126 Å². The van der Waals surface area contributed by atoms with E-state index in [0.29, 0.717) is 33.6 Å². The summed E-state index contributed by atoms with van der Waals surface area (Å²) in [5, 5.41) is 6.60. The van der Waals surface area contributed by atoms with Crippen molar-refractivity contribution in [3.8, 4) is 34.2 Å². The minimum Gasteiger partial charge on any atom is -0.456 e. The fourth-order valence-corrected chi connectivity index (χ4v) is 6.64. The van der Waals surface area contributed by atoms with Crippen LogP contribution in [0, 0.1) is 0 Å². The highest BCUT2D eigenvalue weighted by molar-refractivity contribution is 6.34. The fraction of sp³-hybridized carbons (Fsp3) is 0. The van der Waals surface area contributed by atoms with Crippen molar-refractivity contribution >= 4 is 77.4 Å². The van der Waals surface area contributed by atoms with Gasteiger partial charge >= 0.3 is 0 Å². The maximum absolute atomic E-state index is 6.92. The van der Waals surface area contributed by atoms with Gasteiger partial charge < -0.3 is 13.3 Å². The molecule has 0 atom stereocenters. The van der Waals surface area contributed by atoms with Gasteiger partial charge in [0.2, 0.25) is 0 Å². The van der Waals surface area contributed by atoms with Crippen molar-refractivity contribution in [2.24, 2.45) is 0 Å². The number of hydrogen-bond donors (Lipinski definition) is 0. The first-order chi connectivity index (χ1) is 22.7. The number of benzene rings is 6.